The van der Waals surface area contributed by atoms with Crippen molar-refractivity contribution < 1.29 is 12.9 Å². The number of aryl methyl sites for hydroxylation is 1. The van der Waals surface area contributed by atoms with E-state index in [1.165, 1.54) is 10.5 Å². The van der Waals surface area contributed by atoms with Crippen molar-refractivity contribution in [1.82, 2.24) is 19.4 Å². The van der Waals surface area contributed by atoms with Gasteiger partial charge >= 0.3 is 0 Å². The van der Waals surface area contributed by atoms with Gasteiger partial charge in [0.25, 0.3) is 0 Å². The minimum absolute atomic E-state index is 0.187. The monoisotopic (exact) mass is 294 g/mol. The van der Waals surface area contributed by atoms with Crippen LogP contribution in [0.15, 0.2) is 33.9 Å². The molecule has 0 radical (unpaired) electrons. The maximum atomic E-state index is 12.6. The standard InChI is InChI=1S/C12H14N4O3S/c1-9-14-12(15-19-9)11-5-3-7-16(11)20(17,18)10-4-2-6-13-8-10/h2,4,6,8,11H,3,5,7H2,1H3. The van der Waals surface area contributed by atoms with Gasteiger partial charge in [0.15, 0.2) is 5.82 Å². The van der Waals surface area contributed by atoms with Crippen LogP contribution in [0.2, 0.25) is 0 Å². The summed E-state index contributed by atoms with van der Waals surface area (Å²) >= 11 is 0. The fourth-order valence-electron chi connectivity index (χ4n) is 2.37. The number of nitrogens with zero attached hydrogens (tertiary/aromatic N) is 4. The predicted molar refractivity (Wildman–Crippen MR) is 69.1 cm³/mol. The van der Waals surface area contributed by atoms with Crippen molar-refractivity contribution in [3.05, 3.63) is 36.2 Å². The molecule has 1 aliphatic rings. The summed E-state index contributed by atoms with van der Waals surface area (Å²) in [5.41, 5.74) is 0. The molecule has 0 aromatic carbocycles. The number of hydrogen-bond acceptors (Lipinski definition) is 6. The van der Waals surface area contributed by atoms with Crippen LogP contribution < -0.4 is 0 Å². The summed E-state index contributed by atoms with van der Waals surface area (Å²) in [6, 6.07) is 2.79. The molecule has 8 heteroatoms. The Labute approximate surface area is 116 Å². The molecule has 0 aliphatic carbocycles. The van der Waals surface area contributed by atoms with Crippen LogP contribution in [-0.2, 0) is 10.0 Å². The van der Waals surface area contributed by atoms with Crippen LogP contribution in [0.5, 0.6) is 0 Å². The average molecular weight is 294 g/mol. The first-order valence-corrected chi connectivity index (χ1v) is 7.75. The molecule has 7 nitrogen and oxygen atoms in total. The fraction of sp³-hybridized carbons (Fsp3) is 0.417. The quantitative estimate of drug-likeness (QED) is 0.847. The van der Waals surface area contributed by atoms with Gasteiger partial charge in [0, 0.05) is 25.9 Å². The largest absolute Gasteiger partial charge is 0.340 e. The van der Waals surface area contributed by atoms with E-state index in [-0.39, 0.29) is 10.9 Å². The van der Waals surface area contributed by atoms with Crippen molar-refractivity contribution in [3.63, 3.8) is 0 Å². The molecule has 2 aromatic heterocycles. The van der Waals surface area contributed by atoms with Gasteiger partial charge in [-0.3, -0.25) is 4.98 Å². The molecule has 1 aliphatic heterocycles. The zero-order valence-electron chi connectivity index (χ0n) is 10.9. The molecule has 0 saturated carbocycles. The van der Waals surface area contributed by atoms with E-state index in [9.17, 15) is 8.42 Å². The van der Waals surface area contributed by atoms with E-state index in [1.807, 2.05) is 0 Å². The number of rotatable bonds is 3. The Morgan fingerprint density at radius 1 is 1.45 bits per heavy atom. The lowest BCUT2D eigenvalue weighted by Gasteiger charge is -2.21. The Morgan fingerprint density at radius 3 is 2.95 bits per heavy atom. The van der Waals surface area contributed by atoms with Crippen molar-refractivity contribution in [3.8, 4) is 0 Å². The fourth-order valence-corrected chi connectivity index (χ4v) is 3.99. The highest BCUT2D eigenvalue weighted by atomic mass is 32.2. The summed E-state index contributed by atoms with van der Waals surface area (Å²) in [4.78, 5) is 8.21. The smallest absolute Gasteiger partial charge is 0.245 e. The molecule has 1 fully saturated rings. The minimum atomic E-state index is -3.58. The average Bonchev–Trinajstić information content (AvgIpc) is 3.08. The summed E-state index contributed by atoms with van der Waals surface area (Å²) in [6.45, 7) is 2.14. The number of pyridine rings is 1. The van der Waals surface area contributed by atoms with Gasteiger partial charge in [-0.15, -0.1) is 0 Å². The number of hydrogen-bond donors (Lipinski definition) is 0. The zero-order chi connectivity index (χ0) is 14.2. The molecule has 106 valence electrons. The van der Waals surface area contributed by atoms with Crippen molar-refractivity contribution in [2.75, 3.05) is 6.54 Å². The lowest BCUT2D eigenvalue weighted by Crippen LogP contribution is -2.31. The molecule has 3 heterocycles. The van der Waals surface area contributed by atoms with Gasteiger partial charge in [-0.05, 0) is 25.0 Å². The molecule has 1 saturated heterocycles. The van der Waals surface area contributed by atoms with Crippen LogP contribution in [0.4, 0.5) is 0 Å². The summed E-state index contributed by atoms with van der Waals surface area (Å²) in [7, 11) is -3.58. The Morgan fingerprint density at radius 2 is 2.30 bits per heavy atom. The van der Waals surface area contributed by atoms with Crippen LogP contribution in [0, 0.1) is 6.92 Å². The van der Waals surface area contributed by atoms with E-state index >= 15 is 0 Å². The molecule has 2 aromatic rings. The maximum Gasteiger partial charge on any atom is 0.245 e. The van der Waals surface area contributed by atoms with Gasteiger partial charge in [-0.2, -0.15) is 9.29 Å². The second-order valence-electron chi connectivity index (χ2n) is 4.63. The van der Waals surface area contributed by atoms with Crippen LogP contribution >= 0.6 is 0 Å². The van der Waals surface area contributed by atoms with E-state index in [4.69, 9.17) is 4.52 Å². The first kappa shape index (κ1) is 13.2. The van der Waals surface area contributed by atoms with Crippen LogP contribution in [-0.4, -0.2) is 34.4 Å². The molecule has 0 spiro atoms. The molecule has 0 amide bonds. The third-order valence-electron chi connectivity index (χ3n) is 3.29. The van der Waals surface area contributed by atoms with Gasteiger partial charge in [-0.25, -0.2) is 8.42 Å². The topological polar surface area (TPSA) is 89.2 Å². The Bertz CT molecular complexity index is 699. The third kappa shape index (κ3) is 2.20. The third-order valence-corrected chi connectivity index (χ3v) is 5.18. The van der Waals surface area contributed by atoms with Crippen molar-refractivity contribution in [2.24, 2.45) is 0 Å². The van der Waals surface area contributed by atoms with Crippen LogP contribution in [0.25, 0.3) is 0 Å². The first-order chi connectivity index (χ1) is 9.59. The van der Waals surface area contributed by atoms with E-state index in [0.717, 1.165) is 6.42 Å². The minimum Gasteiger partial charge on any atom is -0.340 e. The lowest BCUT2D eigenvalue weighted by atomic mass is 10.2. The number of sulfonamides is 1. The van der Waals surface area contributed by atoms with Crippen LogP contribution in [0.1, 0.15) is 30.6 Å². The van der Waals surface area contributed by atoms with E-state index in [0.29, 0.717) is 24.7 Å². The molecular weight excluding hydrogens is 280 g/mol. The first-order valence-electron chi connectivity index (χ1n) is 6.31. The molecule has 20 heavy (non-hydrogen) atoms. The number of aromatic nitrogens is 3. The molecule has 1 atom stereocenters. The summed E-state index contributed by atoms with van der Waals surface area (Å²) in [5, 5.41) is 3.85. The highest BCUT2D eigenvalue weighted by molar-refractivity contribution is 7.89. The summed E-state index contributed by atoms with van der Waals surface area (Å²) in [5.74, 6) is 0.859. The Balaban J connectivity index is 1.97. The van der Waals surface area contributed by atoms with Gasteiger partial charge in [0.2, 0.25) is 15.9 Å². The summed E-state index contributed by atoms with van der Waals surface area (Å²) in [6.07, 6.45) is 4.37. The Kier molecular flexibility index (Phi) is 3.27. The van der Waals surface area contributed by atoms with Gasteiger partial charge in [0.1, 0.15) is 4.90 Å². The molecule has 0 N–H and O–H groups in total. The zero-order valence-corrected chi connectivity index (χ0v) is 11.7. The molecular formula is C12H14N4O3S. The van der Waals surface area contributed by atoms with Gasteiger partial charge < -0.3 is 4.52 Å². The normalized spacial score (nSPS) is 20.4. The van der Waals surface area contributed by atoms with E-state index < -0.39 is 10.0 Å². The lowest BCUT2D eigenvalue weighted by molar-refractivity contribution is 0.349. The highest BCUT2D eigenvalue weighted by Crippen LogP contribution is 2.34. The van der Waals surface area contributed by atoms with Gasteiger partial charge in [-0.1, -0.05) is 5.16 Å². The van der Waals surface area contributed by atoms with E-state index in [1.54, 1.807) is 25.3 Å². The highest BCUT2D eigenvalue weighted by Gasteiger charge is 2.38. The molecule has 3 rings (SSSR count). The van der Waals surface area contributed by atoms with Crippen molar-refractivity contribution in [2.45, 2.75) is 30.7 Å². The second-order valence-corrected chi connectivity index (χ2v) is 6.52. The van der Waals surface area contributed by atoms with Crippen LogP contribution in [0.3, 0.4) is 0 Å². The van der Waals surface area contributed by atoms with Crippen molar-refractivity contribution in [1.29, 1.82) is 0 Å². The molecule has 1 unspecified atom stereocenters. The van der Waals surface area contributed by atoms with E-state index in [2.05, 4.69) is 15.1 Å². The second kappa shape index (κ2) is 4.95. The Hall–Kier alpha value is -1.80. The SMILES string of the molecule is Cc1nc(C2CCCN2S(=O)(=O)c2cccnc2)no1. The maximum absolute atomic E-state index is 12.6. The predicted octanol–water partition coefficient (Wildman–Crippen LogP) is 1.30. The van der Waals surface area contributed by atoms with Crippen molar-refractivity contribution >= 4 is 10.0 Å². The molecule has 0 bridgehead atoms. The van der Waals surface area contributed by atoms with Gasteiger partial charge in [0.05, 0.1) is 6.04 Å². The summed E-state index contributed by atoms with van der Waals surface area (Å²) < 4.78 is 31.6.